The highest BCUT2D eigenvalue weighted by Gasteiger charge is 2.16. The van der Waals surface area contributed by atoms with Crippen molar-refractivity contribution in [1.82, 2.24) is 0 Å². The molecule has 1 aliphatic rings. The third-order valence-corrected chi connectivity index (χ3v) is 3.58. The van der Waals surface area contributed by atoms with Crippen LogP contribution in [0.1, 0.15) is 37.7 Å². The molecule has 1 aromatic rings. The van der Waals surface area contributed by atoms with Crippen LogP contribution >= 0.6 is 11.6 Å². The molecule has 0 aliphatic carbocycles. The van der Waals surface area contributed by atoms with Crippen LogP contribution in [0.3, 0.4) is 0 Å². The van der Waals surface area contributed by atoms with Gasteiger partial charge in [-0.05, 0) is 43.9 Å². The summed E-state index contributed by atoms with van der Waals surface area (Å²) < 4.78 is 5.59. The van der Waals surface area contributed by atoms with Gasteiger partial charge in [0.1, 0.15) is 6.07 Å². The van der Waals surface area contributed by atoms with Crippen molar-refractivity contribution >= 4 is 23.2 Å². The molecule has 4 nitrogen and oxygen atoms in total. The number of benzene rings is 1. The van der Waals surface area contributed by atoms with Crippen molar-refractivity contribution in [2.45, 2.75) is 38.2 Å². The van der Waals surface area contributed by atoms with Gasteiger partial charge in [-0.2, -0.15) is 5.26 Å². The van der Waals surface area contributed by atoms with Crippen LogP contribution in [0.25, 0.3) is 0 Å². The Morgan fingerprint density at radius 3 is 3.05 bits per heavy atom. The second-order valence-electron chi connectivity index (χ2n) is 4.88. The number of carbonyl (C=O) groups excluding carboxylic acids is 1. The molecular formula is C15H17ClN2O2. The van der Waals surface area contributed by atoms with Gasteiger partial charge >= 0.3 is 0 Å². The number of rotatable bonds is 4. The lowest BCUT2D eigenvalue weighted by Crippen LogP contribution is -2.22. The first-order valence-corrected chi connectivity index (χ1v) is 7.18. The quantitative estimate of drug-likeness (QED) is 0.924. The molecule has 0 aromatic heterocycles. The summed E-state index contributed by atoms with van der Waals surface area (Å²) in [5, 5.41) is 12.2. The van der Waals surface area contributed by atoms with Crippen LogP contribution in [0.2, 0.25) is 5.02 Å². The normalized spacial score (nSPS) is 18.3. The molecule has 1 unspecified atom stereocenters. The number of carbonyl (C=O) groups is 1. The van der Waals surface area contributed by atoms with Gasteiger partial charge < -0.3 is 10.1 Å². The molecule has 1 amide bonds. The predicted molar refractivity (Wildman–Crippen MR) is 77.6 cm³/mol. The van der Waals surface area contributed by atoms with Gasteiger partial charge in [0, 0.05) is 18.1 Å². The zero-order valence-corrected chi connectivity index (χ0v) is 11.9. The first-order chi connectivity index (χ1) is 9.69. The molecule has 2 rings (SSSR count). The van der Waals surface area contributed by atoms with Crippen molar-refractivity contribution in [2.24, 2.45) is 0 Å². The molecule has 1 heterocycles. The van der Waals surface area contributed by atoms with Crippen molar-refractivity contribution in [3.05, 3.63) is 28.8 Å². The van der Waals surface area contributed by atoms with Crippen LogP contribution in [0.15, 0.2) is 18.2 Å². The lowest BCUT2D eigenvalue weighted by Gasteiger charge is -2.22. The average Bonchev–Trinajstić information content (AvgIpc) is 2.46. The molecular weight excluding hydrogens is 276 g/mol. The van der Waals surface area contributed by atoms with Crippen LogP contribution in [-0.4, -0.2) is 18.6 Å². The summed E-state index contributed by atoms with van der Waals surface area (Å²) in [6, 6.07) is 6.86. The van der Waals surface area contributed by atoms with E-state index in [1.165, 1.54) is 6.42 Å². The summed E-state index contributed by atoms with van der Waals surface area (Å²) in [4.78, 5) is 11.9. The summed E-state index contributed by atoms with van der Waals surface area (Å²) in [6.07, 6.45) is 4.59. The van der Waals surface area contributed by atoms with Gasteiger partial charge in [-0.15, -0.1) is 0 Å². The van der Waals surface area contributed by atoms with E-state index < -0.39 is 0 Å². The highest BCUT2D eigenvalue weighted by atomic mass is 35.5. The first kappa shape index (κ1) is 14.8. The summed E-state index contributed by atoms with van der Waals surface area (Å²) in [5.41, 5.74) is 0.881. The van der Waals surface area contributed by atoms with E-state index in [0.29, 0.717) is 29.1 Å². The second-order valence-corrected chi connectivity index (χ2v) is 5.31. The van der Waals surface area contributed by atoms with E-state index in [0.717, 1.165) is 19.4 Å². The minimum absolute atomic E-state index is 0.113. The Hall–Kier alpha value is -1.57. The summed E-state index contributed by atoms with van der Waals surface area (Å²) in [5.74, 6) is -0.113. The number of nitriles is 1. The number of amides is 1. The number of hydrogen-bond donors (Lipinski definition) is 1. The van der Waals surface area contributed by atoms with Gasteiger partial charge in [0.25, 0.3) is 0 Å². The lowest BCUT2D eigenvalue weighted by molar-refractivity contribution is -0.117. The minimum Gasteiger partial charge on any atom is -0.378 e. The van der Waals surface area contributed by atoms with Gasteiger partial charge in [-0.25, -0.2) is 0 Å². The van der Waals surface area contributed by atoms with E-state index >= 15 is 0 Å². The van der Waals surface area contributed by atoms with Gasteiger partial charge in [-0.3, -0.25) is 4.79 Å². The number of anilines is 1. The Morgan fingerprint density at radius 1 is 1.50 bits per heavy atom. The molecule has 1 N–H and O–H groups in total. The third kappa shape index (κ3) is 4.22. The van der Waals surface area contributed by atoms with Crippen molar-refractivity contribution in [3.63, 3.8) is 0 Å². The lowest BCUT2D eigenvalue weighted by atomic mass is 10.0. The van der Waals surface area contributed by atoms with Crippen molar-refractivity contribution in [1.29, 1.82) is 5.26 Å². The molecule has 1 saturated heterocycles. The van der Waals surface area contributed by atoms with Gasteiger partial charge in [-0.1, -0.05) is 11.6 Å². The van der Waals surface area contributed by atoms with Crippen LogP contribution in [0.5, 0.6) is 0 Å². The fourth-order valence-electron chi connectivity index (χ4n) is 2.26. The SMILES string of the molecule is N#Cc1ccc(Cl)cc1NC(=O)CCC1CCCCO1. The maximum absolute atomic E-state index is 11.9. The fraction of sp³-hybridized carbons (Fsp3) is 0.467. The van der Waals surface area contributed by atoms with Crippen molar-refractivity contribution in [2.75, 3.05) is 11.9 Å². The smallest absolute Gasteiger partial charge is 0.224 e. The molecule has 0 bridgehead atoms. The maximum Gasteiger partial charge on any atom is 0.224 e. The Bertz CT molecular complexity index is 519. The number of ether oxygens (including phenoxy) is 1. The minimum atomic E-state index is -0.113. The zero-order chi connectivity index (χ0) is 14.4. The molecule has 106 valence electrons. The Morgan fingerprint density at radius 2 is 2.35 bits per heavy atom. The monoisotopic (exact) mass is 292 g/mol. The maximum atomic E-state index is 11.9. The van der Waals surface area contributed by atoms with Gasteiger partial charge in [0.05, 0.1) is 17.4 Å². The molecule has 0 saturated carbocycles. The highest BCUT2D eigenvalue weighted by Crippen LogP contribution is 2.21. The first-order valence-electron chi connectivity index (χ1n) is 6.80. The molecule has 0 radical (unpaired) electrons. The van der Waals surface area contributed by atoms with Gasteiger partial charge in [0.2, 0.25) is 5.91 Å². The molecule has 0 spiro atoms. The predicted octanol–water partition coefficient (Wildman–Crippen LogP) is 3.50. The van der Waals surface area contributed by atoms with E-state index in [1.54, 1.807) is 18.2 Å². The average molecular weight is 293 g/mol. The largest absolute Gasteiger partial charge is 0.378 e. The summed E-state index contributed by atoms with van der Waals surface area (Å²) in [6.45, 7) is 0.791. The molecule has 5 heteroatoms. The van der Waals surface area contributed by atoms with E-state index in [1.807, 2.05) is 6.07 Å². The molecule has 1 aliphatic heterocycles. The summed E-state index contributed by atoms with van der Waals surface area (Å²) in [7, 11) is 0. The van der Waals surface area contributed by atoms with E-state index in [4.69, 9.17) is 21.6 Å². The number of nitrogens with zero attached hydrogens (tertiary/aromatic N) is 1. The van der Waals surface area contributed by atoms with Gasteiger partial charge in [0.15, 0.2) is 0 Å². The number of hydrogen-bond acceptors (Lipinski definition) is 3. The number of nitrogens with one attached hydrogen (secondary N) is 1. The van der Waals surface area contributed by atoms with E-state index in [-0.39, 0.29) is 12.0 Å². The fourth-order valence-corrected chi connectivity index (χ4v) is 2.43. The van der Waals surface area contributed by atoms with Crippen LogP contribution in [0.4, 0.5) is 5.69 Å². The van der Waals surface area contributed by atoms with Crippen LogP contribution in [-0.2, 0) is 9.53 Å². The highest BCUT2D eigenvalue weighted by molar-refractivity contribution is 6.31. The van der Waals surface area contributed by atoms with Crippen LogP contribution in [0, 0.1) is 11.3 Å². The standard InChI is InChI=1S/C15H17ClN2O2/c16-12-5-4-11(10-17)14(9-12)18-15(19)7-6-13-3-1-2-8-20-13/h4-5,9,13H,1-3,6-8H2,(H,18,19). The Kier molecular flexibility index (Phi) is 5.40. The van der Waals surface area contributed by atoms with E-state index in [2.05, 4.69) is 5.32 Å². The Balaban J connectivity index is 1.88. The Labute approximate surface area is 123 Å². The molecule has 1 atom stereocenters. The topological polar surface area (TPSA) is 62.1 Å². The van der Waals surface area contributed by atoms with Crippen LogP contribution < -0.4 is 5.32 Å². The zero-order valence-electron chi connectivity index (χ0n) is 11.2. The molecule has 1 aromatic carbocycles. The molecule has 20 heavy (non-hydrogen) atoms. The third-order valence-electron chi connectivity index (χ3n) is 3.34. The van der Waals surface area contributed by atoms with E-state index in [9.17, 15) is 4.79 Å². The second kappa shape index (κ2) is 7.28. The summed E-state index contributed by atoms with van der Waals surface area (Å²) >= 11 is 5.88. The number of halogens is 1. The van der Waals surface area contributed by atoms with Crippen molar-refractivity contribution in [3.8, 4) is 6.07 Å². The molecule has 1 fully saturated rings. The van der Waals surface area contributed by atoms with Crippen molar-refractivity contribution < 1.29 is 9.53 Å².